The van der Waals surface area contributed by atoms with Crippen molar-refractivity contribution in [3.05, 3.63) is 106 Å². The molecule has 31 heavy (non-hydrogen) atoms. The summed E-state index contributed by atoms with van der Waals surface area (Å²) in [6, 6.07) is 19.9. The number of rotatable bonds is 6. The molecule has 156 valence electrons. The smallest absolute Gasteiger partial charge is 0.329 e. The van der Waals surface area contributed by atoms with E-state index in [9.17, 15) is 14.0 Å². The van der Waals surface area contributed by atoms with Gasteiger partial charge in [-0.3, -0.25) is 9.69 Å². The minimum Gasteiger partial charge on any atom is -0.489 e. The van der Waals surface area contributed by atoms with Crippen molar-refractivity contribution in [1.29, 1.82) is 0 Å². The van der Waals surface area contributed by atoms with Crippen LogP contribution in [0.3, 0.4) is 0 Å². The van der Waals surface area contributed by atoms with Gasteiger partial charge in [-0.25, -0.2) is 9.18 Å². The summed E-state index contributed by atoms with van der Waals surface area (Å²) in [5.74, 6) is -0.231. The van der Waals surface area contributed by atoms with E-state index in [0.29, 0.717) is 21.9 Å². The van der Waals surface area contributed by atoms with E-state index in [-0.39, 0.29) is 24.7 Å². The number of halogens is 2. The van der Waals surface area contributed by atoms with Gasteiger partial charge in [0, 0.05) is 10.6 Å². The number of hydrogen-bond donors (Lipinski definition) is 1. The third-order valence-corrected chi connectivity index (χ3v) is 4.99. The number of hydrogen-bond acceptors (Lipinski definition) is 3. The van der Waals surface area contributed by atoms with Crippen molar-refractivity contribution < 1.29 is 18.7 Å². The zero-order valence-corrected chi connectivity index (χ0v) is 17.1. The second kappa shape index (κ2) is 9.02. The number of imide groups is 1. The predicted molar refractivity (Wildman–Crippen MR) is 116 cm³/mol. The van der Waals surface area contributed by atoms with E-state index >= 15 is 0 Å². The first-order valence-electron chi connectivity index (χ1n) is 9.55. The number of carbonyl (C=O) groups is 2. The van der Waals surface area contributed by atoms with Crippen LogP contribution >= 0.6 is 11.6 Å². The van der Waals surface area contributed by atoms with E-state index in [1.165, 1.54) is 6.07 Å². The van der Waals surface area contributed by atoms with Gasteiger partial charge in [-0.1, -0.05) is 54.1 Å². The van der Waals surface area contributed by atoms with Crippen molar-refractivity contribution in [1.82, 2.24) is 10.2 Å². The summed E-state index contributed by atoms with van der Waals surface area (Å²) in [5, 5.41) is 3.18. The van der Waals surface area contributed by atoms with Crippen LogP contribution in [0.5, 0.6) is 5.75 Å². The molecule has 5 nitrogen and oxygen atoms in total. The second-order valence-electron chi connectivity index (χ2n) is 6.96. The zero-order valence-electron chi connectivity index (χ0n) is 16.3. The highest BCUT2D eigenvalue weighted by molar-refractivity contribution is 6.30. The van der Waals surface area contributed by atoms with Crippen LogP contribution in [0.4, 0.5) is 9.18 Å². The summed E-state index contributed by atoms with van der Waals surface area (Å²) in [4.78, 5) is 26.1. The topological polar surface area (TPSA) is 58.6 Å². The predicted octanol–water partition coefficient (Wildman–Crippen LogP) is 5.15. The van der Waals surface area contributed by atoms with Crippen LogP contribution < -0.4 is 10.1 Å². The van der Waals surface area contributed by atoms with Crippen LogP contribution in [-0.4, -0.2) is 16.8 Å². The molecule has 0 unspecified atom stereocenters. The van der Waals surface area contributed by atoms with Gasteiger partial charge in [-0.05, 0) is 47.5 Å². The zero-order chi connectivity index (χ0) is 21.8. The van der Waals surface area contributed by atoms with Gasteiger partial charge >= 0.3 is 6.03 Å². The van der Waals surface area contributed by atoms with Crippen molar-refractivity contribution in [3.8, 4) is 5.75 Å². The maximum absolute atomic E-state index is 13.8. The summed E-state index contributed by atoms with van der Waals surface area (Å²) >= 11 is 5.88. The van der Waals surface area contributed by atoms with E-state index in [1.54, 1.807) is 72.8 Å². The monoisotopic (exact) mass is 436 g/mol. The molecule has 3 aromatic rings. The second-order valence-corrected chi connectivity index (χ2v) is 7.39. The molecule has 4 rings (SSSR count). The molecule has 1 fully saturated rings. The summed E-state index contributed by atoms with van der Waals surface area (Å²) < 4.78 is 19.4. The van der Waals surface area contributed by atoms with Gasteiger partial charge in [0.25, 0.3) is 5.91 Å². The molecule has 0 aliphatic carbocycles. The molecule has 0 atom stereocenters. The lowest BCUT2D eigenvalue weighted by Gasteiger charge is -2.11. The SMILES string of the molecule is O=C1N/C(=C\c2cccc(OCc3ccccc3F)c2)C(=O)N1Cc1ccc(Cl)cc1. The molecule has 1 aliphatic heterocycles. The Balaban J connectivity index is 1.46. The number of ether oxygens (including phenoxy) is 1. The summed E-state index contributed by atoms with van der Waals surface area (Å²) in [6.45, 7) is 0.224. The van der Waals surface area contributed by atoms with Crippen LogP contribution in [0, 0.1) is 5.82 Å². The lowest BCUT2D eigenvalue weighted by Crippen LogP contribution is -2.30. The molecule has 0 saturated carbocycles. The minimum absolute atomic E-state index is 0.0806. The van der Waals surface area contributed by atoms with Crippen LogP contribution in [0.2, 0.25) is 5.02 Å². The van der Waals surface area contributed by atoms with Crippen molar-refractivity contribution in [2.24, 2.45) is 0 Å². The van der Waals surface area contributed by atoms with Gasteiger partial charge in [-0.15, -0.1) is 0 Å². The molecule has 1 N–H and O–H groups in total. The fourth-order valence-electron chi connectivity index (χ4n) is 3.12. The molecule has 1 heterocycles. The Morgan fingerprint density at radius 3 is 2.55 bits per heavy atom. The van der Waals surface area contributed by atoms with Crippen LogP contribution in [0.15, 0.2) is 78.5 Å². The molecule has 1 saturated heterocycles. The van der Waals surface area contributed by atoms with Gasteiger partial charge < -0.3 is 10.1 Å². The Bertz CT molecular complexity index is 1160. The molecular weight excluding hydrogens is 419 g/mol. The molecule has 1 aliphatic rings. The Hall–Kier alpha value is -3.64. The van der Waals surface area contributed by atoms with Gasteiger partial charge in [0.15, 0.2) is 0 Å². The van der Waals surface area contributed by atoms with Crippen molar-refractivity contribution in [3.63, 3.8) is 0 Å². The third-order valence-electron chi connectivity index (χ3n) is 4.74. The highest BCUT2D eigenvalue weighted by atomic mass is 35.5. The Morgan fingerprint density at radius 1 is 1.00 bits per heavy atom. The quantitative estimate of drug-likeness (QED) is 0.429. The maximum atomic E-state index is 13.8. The maximum Gasteiger partial charge on any atom is 0.329 e. The fourth-order valence-corrected chi connectivity index (χ4v) is 3.25. The van der Waals surface area contributed by atoms with Crippen molar-refractivity contribution in [2.45, 2.75) is 13.2 Å². The molecule has 3 amide bonds. The lowest BCUT2D eigenvalue weighted by atomic mass is 10.1. The molecule has 7 heteroatoms. The third kappa shape index (κ3) is 4.92. The highest BCUT2D eigenvalue weighted by Gasteiger charge is 2.33. The minimum atomic E-state index is -0.488. The molecule has 3 aromatic carbocycles. The van der Waals surface area contributed by atoms with Gasteiger partial charge in [0.2, 0.25) is 0 Å². The average Bonchev–Trinajstić information content (AvgIpc) is 3.02. The van der Waals surface area contributed by atoms with E-state index < -0.39 is 11.9 Å². The number of amides is 3. The first kappa shape index (κ1) is 20.6. The lowest BCUT2D eigenvalue weighted by molar-refractivity contribution is -0.123. The van der Waals surface area contributed by atoms with Crippen LogP contribution in [-0.2, 0) is 17.9 Å². The van der Waals surface area contributed by atoms with Crippen LogP contribution in [0.1, 0.15) is 16.7 Å². The van der Waals surface area contributed by atoms with E-state index in [4.69, 9.17) is 16.3 Å². The summed E-state index contributed by atoms with van der Waals surface area (Å²) in [5.41, 5.74) is 2.08. The molecule has 0 aromatic heterocycles. The number of nitrogens with zero attached hydrogens (tertiary/aromatic N) is 1. The molecular formula is C24H18ClFN2O3. The Labute approximate surface area is 183 Å². The Morgan fingerprint density at radius 2 is 1.77 bits per heavy atom. The average molecular weight is 437 g/mol. The largest absolute Gasteiger partial charge is 0.489 e. The molecule has 0 spiro atoms. The van der Waals surface area contributed by atoms with Gasteiger partial charge in [0.05, 0.1) is 6.54 Å². The number of nitrogens with one attached hydrogen (secondary N) is 1. The van der Waals surface area contributed by atoms with Gasteiger partial charge in [-0.2, -0.15) is 0 Å². The van der Waals surface area contributed by atoms with Crippen LogP contribution in [0.25, 0.3) is 6.08 Å². The normalized spacial score (nSPS) is 14.8. The number of carbonyl (C=O) groups excluding carboxylic acids is 2. The summed E-state index contributed by atoms with van der Waals surface area (Å²) in [7, 11) is 0. The Kier molecular flexibility index (Phi) is 6.00. The van der Waals surface area contributed by atoms with Crippen molar-refractivity contribution >= 4 is 29.6 Å². The molecule has 0 radical (unpaired) electrons. The van der Waals surface area contributed by atoms with Crippen molar-refractivity contribution in [2.75, 3.05) is 0 Å². The summed E-state index contributed by atoms with van der Waals surface area (Å²) in [6.07, 6.45) is 1.58. The number of urea groups is 1. The fraction of sp³-hybridized carbons (Fsp3) is 0.0833. The number of benzene rings is 3. The standard InChI is InChI=1S/C24H18ClFN2O3/c25-19-10-8-16(9-11-19)14-28-23(29)22(27-24(28)30)13-17-4-3-6-20(12-17)31-15-18-5-1-2-7-21(18)26/h1-13H,14-15H2,(H,27,30)/b22-13-. The van der Waals surface area contributed by atoms with E-state index in [1.807, 2.05) is 0 Å². The molecule has 0 bridgehead atoms. The van der Waals surface area contributed by atoms with E-state index in [2.05, 4.69) is 5.32 Å². The van der Waals surface area contributed by atoms with Gasteiger partial charge in [0.1, 0.15) is 23.9 Å². The first-order chi connectivity index (χ1) is 15.0. The highest BCUT2D eigenvalue weighted by Crippen LogP contribution is 2.21. The van der Waals surface area contributed by atoms with E-state index in [0.717, 1.165) is 10.5 Å². The first-order valence-corrected chi connectivity index (χ1v) is 9.92.